The van der Waals surface area contributed by atoms with Gasteiger partial charge in [-0.1, -0.05) is 36.4 Å². The van der Waals surface area contributed by atoms with Crippen LogP contribution < -0.4 is 10.5 Å². The summed E-state index contributed by atoms with van der Waals surface area (Å²) in [5.41, 5.74) is 10.7. The maximum absolute atomic E-state index is 11.8. The number of pyridine rings is 1. The molecule has 0 saturated heterocycles. The number of nitrogen functional groups attached to an aromatic ring is 1. The van der Waals surface area contributed by atoms with Gasteiger partial charge in [0.1, 0.15) is 5.75 Å². The summed E-state index contributed by atoms with van der Waals surface area (Å²) in [4.78, 5) is 16.4. The molecule has 0 bridgehead atoms. The van der Waals surface area contributed by atoms with Crippen LogP contribution in [0, 0.1) is 0 Å². The molecule has 0 unspecified atom stereocenters. The van der Waals surface area contributed by atoms with E-state index in [1.165, 1.54) is 0 Å². The monoisotopic (exact) mass is 398 g/mol. The predicted octanol–water partition coefficient (Wildman–Crippen LogP) is 5.64. The fourth-order valence-corrected chi connectivity index (χ4v) is 3.40. The van der Waals surface area contributed by atoms with E-state index in [0.29, 0.717) is 22.3 Å². The number of nitrogens with two attached hydrogens (primary N) is 1. The van der Waals surface area contributed by atoms with E-state index in [4.69, 9.17) is 10.5 Å². The van der Waals surface area contributed by atoms with Crippen LogP contribution in [0.5, 0.6) is 5.75 Å². The van der Waals surface area contributed by atoms with Gasteiger partial charge in [0.2, 0.25) is 0 Å². The maximum Gasteiger partial charge on any atom is 0.336 e. The van der Waals surface area contributed by atoms with E-state index in [1.54, 1.807) is 24.3 Å². The number of aromatic nitrogens is 1. The number of ether oxygens (including phenoxy) is 1. The molecule has 1 aromatic heterocycles. The standard InChI is InChI=1S/C25H22N2O3/c1-15(2)30-20-10-7-17(8-11-20)16-3-5-18(6-4-16)24-14-22(25(28)29)21-13-19(26)9-12-23(21)27-24/h3-15H,26H2,1-2H3,(H,28,29). The van der Waals surface area contributed by atoms with Crippen molar-refractivity contribution in [3.05, 3.63) is 78.4 Å². The minimum atomic E-state index is -1.01. The molecule has 0 radical (unpaired) electrons. The zero-order chi connectivity index (χ0) is 21.3. The Balaban J connectivity index is 1.68. The van der Waals surface area contributed by atoms with Crippen molar-refractivity contribution in [3.8, 4) is 28.1 Å². The smallest absolute Gasteiger partial charge is 0.336 e. The molecule has 0 aliphatic carbocycles. The first-order valence-electron chi connectivity index (χ1n) is 9.72. The van der Waals surface area contributed by atoms with Crippen LogP contribution in [0.2, 0.25) is 0 Å². The average molecular weight is 398 g/mol. The highest BCUT2D eigenvalue weighted by Crippen LogP contribution is 2.29. The van der Waals surface area contributed by atoms with Gasteiger partial charge in [0, 0.05) is 16.6 Å². The zero-order valence-corrected chi connectivity index (χ0v) is 16.8. The molecule has 30 heavy (non-hydrogen) atoms. The molecule has 0 aliphatic rings. The molecular formula is C25H22N2O3. The number of fused-ring (bicyclic) bond motifs is 1. The molecule has 4 rings (SSSR count). The SMILES string of the molecule is CC(C)Oc1ccc(-c2ccc(-c3cc(C(=O)O)c4cc(N)ccc4n3)cc2)cc1. The number of hydrogen-bond donors (Lipinski definition) is 2. The summed E-state index contributed by atoms with van der Waals surface area (Å²) in [7, 11) is 0. The van der Waals surface area contributed by atoms with Gasteiger partial charge in [-0.2, -0.15) is 0 Å². The molecule has 0 aliphatic heterocycles. The summed E-state index contributed by atoms with van der Waals surface area (Å²) in [5.74, 6) is -0.165. The Morgan fingerprint density at radius 2 is 1.50 bits per heavy atom. The minimum absolute atomic E-state index is 0.136. The number of rotatable bonds is 5. The van der Waals surface area contributed by atoms with E-state index in [-0.39, 0.29) is 11.7 Å². The number of nitrogens with zero attached hydrogens (tertiary/aromatic N) is 1. The van der Waals surface area contributed by atoms with Crippen LogP contribution in [0.3, 0.4) is 0 Å². The van der Waals surface area contributed by atoms with Crippen LogP contribution in [0.25, 0.3) is 33.3 Å². The molecule has 0 atom stereocenters. The largest absolute Gasteiger partial charge is 0.491 e. The van der Waals surface area contributed by atoms with E-state index >= 15 is 0 Å². The molecule has 5 heteroatoms. The van der Waals surface area contributed by atoms with Gasteiger partial charge in [-0.25, -0.2) is 9.78 Å². The molecular weight excluding hydrogens is 376 g/mol. The fourth-order valence-electron chi connectivity index (χ4n) is 3.40. The molecule has 0 saturated carbocycles. The number of carboxylic acid groups (broad SMARTS) is 1. The molecule has 1 heterocycles. The Morgan fingerprint density at radius 3 is 2.10 bits per heavy atom. The first-order valence-corrected chi connectivity index (χ1v) is 9.72. The lowest BCUT2D eigenvalue weighted by Crippen LogP contribution is -2.05. The Labute approximate surface area is 174 Å². The zero-order valence-electron chi connectivity index (χ0n) is 16.8. The van der Waals surface area contributed by atoms with Crippen LogP contribution in [0.4, 0.5) is 5.69 Å². The summed E-state index contributed by atoms with van der Waals surface area (Å²) < 4.78 is 5.69. The Kier molecular flexibility index (Phi) is 5.11. The van der Waals surface area contributed by atoms with Gasteiger partial charge in [-0.15, -0.1) is 0 Å². The van der Waals surface area contributed by atoms with Crippen molar-refractivity contribution in [2.45, 2.75) is 20.0 Å². The number of hydrogen-bond acceptors (Lipinski definition) is 4. The second-order valence-corrected chi connectivity index (χ2v) is 7.41. The van der Waals surface area contributed by atoms with Crippen molar-refractivity contribution in [2.75, 3.05) is 5.73 Å². The number of anilines is 1. The van der Waals surface area contributed by atoms with Crippen LogP contribution >= 0.6 is 0 Å². The van der Waals surface area contributed by atoms with Crippen LogP contribution in [0.15, 0.2) is 72.8 Å². The number of carbonyl (C=O) groups is 1. The predicted molar refractivity (Wildman–Crippen MR) is 120 cm³/mol. The van der Waals surface area contributed by atoms with Gasteiger partial charge < -0.3 is 15.6 Å². The molecule has 0 spiro atoms. The lowest BCUT2D eigenvalue weighted by molar-refractivity contribution is 0.0699. The van der Waals surface area contributed by atoms with E-state index in [1.807, 2.05) is 62.4 Å². The summed E-state index contributed by atoms with van der Waals surface area (Å²) in [6.07, 6.45) is 0.136. The van der Waals surface area contributed by atoms with E-state index in [0.717, 1.165) is 22.4 Å². The highest BCUT2D eigenvalue weighted by Gasteiger charge is 2.13. The van der Waals surface area contributed by atoms with Crippen molar-refractivity contribution in [1.29, 1.82) is 0 Å². The van der Waals surface area contributed by atoms with Crippen LogP contribution in [-0.4, -0.2) is 22.2 Å². The highest BCUT2D eigenvalue weighted by atomic mass is 16.5. The van der Waals surface area contributed by atoms with Crippen molar-refractivity contribution in [2.24, 2.45) is 0 Å². The lowest BCUT2D eigenvalue weighted by atomic mass is 10.0. The summed E-state index contributed by atoms with van der Waals surface area (Å²) in [6.45, 7) is 4.00. The molecule has 4 aromatic rings. The highest BCUT2D eigenvalue weighted by molar-refractivity contribution is 6.04. The minimum Gasteiger partial charge on any atom is -0.491 e. The van der Waals surface area contributed by atoms with Gasteiger partial charge >= 0.3 is 5.97 Å². The van der Waals surface area contributed by atoms with Crippen molar-refractivity contribution in [3.63, 3.8) is 0 Å². The first-order chi connectivity index (χ1) is 14.4. The van der Waals surface area contributed by atoms with Gasteiger partial charge in [0.05, 0.1) is 22.9 Å². The van der Waals surface area contributed by atoms with E-state index in [9.17, 15) is 9.90 Å². The van der Waals surface area contributed by atoms with Gasteiger partial charge in [-0.05, 0) is 61.4 Å². The van der Waals surface area contributed by atoms with Crippen molar-refractivity contribution >= 4 is 22.6 Å². The number of carboxylic acids is 1. The van der Waals surface area contributed by atoms with Crippen molar-refractivity contribution in [1.82, 2.24) is 4.98 Å². The fraction of sp³-hybridized carbons (Fsp3) is 0.120. The first kappa shape index (κ1) is 19.5. The van der Waals surface area contributed by atoms with Crippen LogP contribution in [0.1, 0.15) is 24.2 Å². The Hall–Kier alpha value is -3.86. The van der Waals surface area contributed by atoms with Gasteiger partial charge in [0.15, 0.2) is 0 Å². The van der Waals surface area contributed by atoms with Crippen molar-refractivity contribution < 1.29 is 14.6 Å². The topological polar surface area (TPSA) is 85.4 Å². The molecule has 0 fully saturated rings. The molecule has 5 nitrogen and oxygen atoms in total. The number of aromatic carboxylic acids is 1. The third kappa shape index (κ3) is 3.96. The molecule has 0 amide bonds. The third-order valence-corrected chi connectivity index (χ3v) is 4.80. The number of benzene rings is 3. The summed E-state index contributed by atoms with van der Waals surface area (Å²) >= 11 is 0. The summed E-state index contributed by atoms with van der Waals surface area (Å²) in [6, 6.07) is 22.6. The molecule has 3 aromatic carbocycles. The Morgan fingerprint density at radius 1 is 0.900 bits per heavy atom. The maximum atomic E-state index is 11.8. The van der Waals surface area contributed by atoms with Crippen LogP contribution in [-0.2, 0) is 0 Å². The Bertz CT molecular complexity index is 1210. The summed E-state index contributed by atoms with van der Waals surface area (Å²) in [5, 5.41) is 10.2. The molecule has 3 N–H and O–H groups in total. The van der Waals surface area contributed by atoms with Gasteiger partial charge in [0.25, 0.3) is 0 Å². The quantitative estimate of drug-likeness (QED) is 0.425. The lowest BCUT2D eigenvalue weighted by Gasteiger charge is -2.11. The third-order valence-electron chi connectivity index (χ3n) is 4.80. The average Bonchev–Trinajstić information content (AvgIpc) is 2.73. The van der Waals surface area contributed by atoms with Gasteiger partial charge in [-0.3, -0.25) is 0 Å². The molecule has 150 valence electrons. The van der Waals surface area contributed by atoms with E-state index < -0.39 is 5.97 Å². The van der Waals surface area contributed by atoms with E-state index in [2.05, 4.69) is 4.98 Å². The second-order valence-electron chi connectivity index (χ2n) is 7.41. The normalized spacial score (nSPS) is 11.0. The second kappa shape index (κ2) is 7.87.